The number of hydrogen-bond acceptors (Lipinski definition) is 7. The van der Waals surface area contributed by atoms with Gasteiger partial charge in [-0.25, -0.2) is 4.79 Å². The number of anilines is 1. The second-order valence-corrected chi connectivity index (χ2v) is 10.5. The lowest BCUT2D eigenvalue weighted by molar-refractivity contribution is -0.168. The third kappa shape index (κ3) is 3.80. The number of ether oxygens (including phenoxy) is 1. The highest BCUT2D eigenvalue weighted by Gasteiger charge is 2.57. The van der Waals surface area contributed by atoms with Crippen molar-refractivity contribution in [1.82, 2.24) is 10.1 Å². The first kappa shape index (κ1) is 21.4. The molecule has 5 fully saturated rings. The molecular weight excluding hydrogens is 414 g/mol. The molecule has 6 rings (SSSR count). The highest BCUT2D eigenvalue weighted by molar-refractivity contribution is 5.95. The van der Waals surface area contributed by atoms with Crippen LogP contribution in [0.2, 0.25) is 0 Å². The van der Waals surface area contributed by atoms with Crippen molar-refractivity contribution in [2.45, 2.75) is 77.0 Å². The average molecular weight is 446 g/mol. The van der Waals surface area contributed by atoms with Crippen LogP contribution in [0.4, 0.5) is 5.82 Å². The van der Waals surface area contributed by atoms with Gasteiger partial charge in [0.1, 0.15) is 11.8 Å². The number of hydrogen-bond donors (Lipinski definition) is 2. The molecular formula is C23H31N3O6. The van der Waals surface area contributed by atoms with Crippen LogP contribution in [0.5, 0.6) is 0 Å². The van der Waals surface area contributed by atoms with Gasteiger partial charge in [-0.3, -0.25) is 9.59 Å². The van der Waals surface area contributed by atoms with E-state index in [1.807, 2.05) is 0 Å². The zero-order chi connectivity index (χ0) is 22.6. The van der Waals surface area contributed by atoms with Gasteiger partial charge < -0.3 is 24.6 Å². The highest BCUT2D eigenvalue weighted by Crippen LogP contribution is 2.60. The van der Waals surface area contributed by atoms with E-state index in [-0.39, 0.29) is 24.7 Å². The van der Waals surface area contributed by atoms with Crippen LogP contribution in [0.25, 0.3) is 0 Å². The number of β-amino-alcohol motifs (C(OH)–C–C–N with tert-alkyl or cyclic N) is 1. The number of aromatic nitrogens is 1. The summed E-state index contributed by atoms with van der Waals surface area (Å²) >= 11 is 0. The summed E-state index contributed by atoms with van der Waals surface area (Å²) in [4.78, 5) is 40.6. The molecule has 3 atom stereocenters. The van der Waals surface area contributed by atoms with Crippen LogP contribution in [0.15, 0.2) is 10.6 Å². The summed E-state index contributed by atoms with van der Waals surface area (Å²) in [6, 6.07) is 0.695. The Morgan fingerprint density at radius 3 is 2.38 bits per heavy atom. The van der Waals surface area contributed by atoms with Gasteiger partial charge in [-0.1, -0.05) is 5.16 Å². The van der Waals surface area contributed by atoms with Crippen molar-refractivity contribution in [2.75, 3.05) is 11.9 Å². The fourth-order valence-electron chi connectivity index (χ4n) is 6.90. The number of rotatable bonds is 5. The quantitative estimate of drug-likeness (QED) is 0.665. The fraction of sp³-hybridized carbons (Fsp3) is 0.739. The minimum absolute atomic E-state index is 0.00900. The third-order valence-corrected chi connectivity index (χ3v) is 7.85. The number of aliphatic hydroxyl groups is 1. The van der Waals surface area contributed by atoms with E-state index in [1.54, 1.807) is 13.0 Å². The average Bonchev–Trinajstić information content (AvgIpc) is 3.31. The van der Waals surface area contributed by atoms with Gasteiger partial charge in [-0.05, 0) is 70.1 Å². The summed E-state index contributed by atoms with van der Waals surface area (Å²) in [6.45, 7) is 3.31. The van der Waals surface area contributed by atoms with Gasteiger partial charge >= 0.3 is 5.97 Å². The minimum atomic E-state index is -1.08. The molecule has 174 valence electrons. The smallest absolute Gasteiger partial charge is 0.329 e. The van der Waals surface area contributed by atoms with Crippen molar-refractivity contribution >= 4 is 23.6 Å². The molecule has 4 saturated carbocycles. The molecule has 0 aromatic carbocycles. The Morgan fingerprint density at radius 2 is 1.81 bits per heavy atom. The van der Waals surface area contributed by atoms with Crippen molar-refractivity contribution in [2.24, 2.45) is 23.2 Å². The van der Waals surface area contributed by atoms with Gasteiger partial charge in [-0.2, -0.15) is 0 Å². The number of aryl methyl sites for hydroxylation is 1. The standard InChI is InChI=1S/C23H31N3O6/c1-12-3-19(25-32-12)24-20(28)13(2)31-21(29)18-7-17(27)11-26(18)22(30)23-8-14-4-15(9-23)6-16(5-14)10-23/h3,13-18,27H,4-11H2,1-2H3,(H,24,25,28)/t13?,14?,15?,16?,17?,18-,23?/m0/s1. The first-order valence-corrected chi connectivity index (χ1v) is 11.7. The fourth-order valence-corrected chi connectivity index (χ4v) is 6.90. The lowest BCUT2D eigenvalue weighted by Crippen LogP contribution is -2.56. The van der Waals surface area contributed by atoms with Crippen LogP contribution >= 0.6 is 0 Å². The summed E-state index contributed by atoms with van der Waals surface area (Å²) in [5, 5.41) is 16.5. The summed E-state index contributed by atoms with van der Waals surface area (Å²) in [5.74, 6) is 1.40. The number of likely N-dealkylation sites (tertiary alicyclic amines) is 1. The maximum atomic E-state index is 13.7. The van der Waals surface area contributed by atoms with Crippen LogP contribution in [0, 0.1) is 30.1 Å². The number of aliphatic hydroxyl groups excluding tert-OH is 1. The van der Waals surface area contributed by atoms with E-state index >= 15 is 0 Å². The van der Waals surface area contributed by atoms with Gasteiger partial charge in [0.25, 0.3) is 5.91 Å². The van der Waals surface area contributed by atoms with Crippen LogP contribution < -0.4 is 5.32 Å². The molecule has 2 amide bonds. The van der Waals surface area contributed by atoms with E-state index in [4.69, 9.17) is 9.26 Å². The first-order chi connectivity index (χ1) is 15.2. The summed E-state index contributed by atoms with van der Waals surface area (Å²) in [7, 11) is 0. The molecule has 32 heavy (non-hydrogen) atoms. The van der Waals surface area contributed by atoms with E-state index in [2.05, 4.69) is 10.5 Å². The van der Waals surface area contributed by atoms with Gasteiger partial charge in [0, 0.05) is 19.0 Å². The molecule has 1 aliphatic heterocycles. The van der Waals surface area contributed by atoms with Crippen LogP contribution in [0.1, 0.15) is 57.6 Å². The molecule has 4 bridgehead atoms. The molecule has 1 saturated heterocycles. The van der Waals surface area contributed by atoms with E-state index in [1.165, 1.54) is 31.1 Å². The Balaban J connectivity index is 1.26. The maximum Gasteiger partial charge on any atom is 0.329 e. The molecule has 5 aliphatic rings. The molecule has 1 aromatic rings. The number of carbonyl (C=O) groups is 3. The molecule has 9 heteroatoms. The lowest BCUT2D eigenvalue weighted by Gasteiger charge is -2.56. The number of nitrogens with one attached hydrogen (secondary N) is 1. The van der Waals surface area contributed by atoms with Crippen LogP contribution in [-0.2, 0) is 19.1 Å². The monoisotopic (exact) mass is 445 g/mol. The molecule has 9 nitrogen and oxygen atoms in total. The Labute approximate surface area is 186 Å². The second kappa shape index (κ2) is 7.86. The third-order valence-electron chi connectivity index (χ3n) is 7.85. The van der Waals surface area contributed by atoms with E-state index < -0.39 is 35.5 Å². The summed E-state index contributed by atoms with van der Waals surface area (Å²) in [5.41, 5.74) is -0.398. The summed E-state index contributed by atoms with van der Waals surface area (Å²) < 4.78 is 10.3. The largest absolute Gasteiger partial charge is 0.451 e. The van der Waals surface area contributed by atoms with Crippen LogP contribution in [0.3, 0.4) is 0 Å². The maximum absolute atomic E-state index is 13.7. The van der Waals surface area contributed by atoms with E-state index in [0.717, 1.165) is 19.3 Å². The second-order valence-electron chi connectivity index (χ2n) is 10.5. The van der Waals surface area contributed by atoms with E-state index in [0.29, 0.717) is 23.5 Å². The number of nitrogens with zero attached hydrogens (tertiary/aromatic N) is 2. The molecule has 1 aromatic heterocycles. The number of esters is 1. The van der Waals surface area contributed by atoms with Gasteiger partial charge in [0.2, 0.25) is 5.91 Å². The highest BCUT2D eigenvalue weighted by atomic mass is 16.5. The van der Waals surface area contributed by atoms with Crippen molar-refractivity contribution in [1.29, 1.82) is 0 Å². The Bertz CT molecular complexity index is 891. The minimum Gasteiger partial charge on any atom is -0.451 e. The predicted molar refractivity (Wildman–Crippen MR) is 112 cm³/mol. The molecule has 2 N–H and O–H groups in total. The molecule has 0 spiro atoms. The number of amides is 2. The van der Waals surface area contributed by atoms with Crippen molar-refractivity contribution in [3.63, 3.8) is 0 Å². The first-order valence-electron chi connectivity index (χ1n) is 11.7. The SMILES string of the molecule is Cc1cc(NC(=O)C(C)OC(=O)[C@@H]2CC(O)CN2C(=O)C23CC4CC(CC(C4)C2)C3)no1. The van der Waals surface area contributed by atoms with Crippen LogP contribution in [-0.4, -0.2) is 57.7 Å². The van der Waals surface area contributed by atoms with Crippen molar-refractivity contribution < 1.29 is 28.8 Å². The Kier molecular flexibility index (Phi) is 5.27. The van der Waals surface area contributed by atoms with Gasteiger partial charge in [0.15, 0.2) is 11.9 Å². The molecule has 4 aliphatic carbocycles. The molecule has 0 radical (unpaired) electrons. The van der Waals surface area contributed by atoms with Gasteiger partial charge in [0.05, 0.1) is 11.5 Å². The Hall–Kier alpha value is -2.42. The normalized spacial score (nSPS) is 36.2. The van der Waals surface area contributed by atoms with Crippen molar-refractivity contribution in [3.8, 4) is 0 Å². The van der Waals surface area contributed by atoms with Crippen molar-refractivity contribution in [3.05, 3.63) is 11.8 Å². The zero-order valence-electron chi connectivity index (χ0n) is 18.6. The Morgan fingerprint density at radius 1 is 1.19 bits per heavy atom. The van der Waals surface area contributed by atoms with E-state index in [9.17, 15) is 19.5 Å². The molecule has 2 heterocycles. The predicted octanol–water partition coefficient (Wildman–Crippen LogP) is 2.03. The number of carbonyl (C=O) groups excluding carboxylic acids is 3. The lowest BCUT2D eigenvalue weighted by atomic mass is 9.49. The van der Waals surface area contributed by atoms with Gasteiger partial charge in [-0.15, -0.1) is 0 Å². The zero-order valence-corrected chi connectivity index (χ0v) is 18.6. The summed E-state index contributed by atoms with van der Waals surface area (Å²) in [6.07, 6.45) is 4.62. The topological polar surface area (TPSA) is 122 Å². The molecule has 2 unspecified atom stereocenters.